The molecular formula is C28H42N2O7. The average molecular weight is 519 g/mol. The highest BCUT2D eigenvalue weighted by Gasteiger charge is 2.25. The van der Waals surface area contributed by atoms with E-state index in [0.29, 0.717) is 18.8 Å². The fraction of sp³-hybridized carbons (Fsp3) is 0.607. The molecule has 0 bridgehead atoms. The summed E-state index contributed by atoms with van der Waals surface area (Å²) >= 11 is 0. The normalized spacial score (nSPS) is 12.4. The van der Waals surface area contributed by atoms with E-state index in [1.165, 1.54) is 17.8 Å². The first-order valence-electron chi connectivity index (χ1n) is 12.9. The van der Waals surface area contributed by atoms with Crippen molar-refractivity contribution < 1.29 is 28.7 Å². The number of nitrogens with one attached hydrogen (secondary N) is 1. The lowest BCUT2D eigenvalue weighted by atomic mass is 9.96. The number of alkyl carbamates (subject to hydrolysis) is 1. The maximum atomic E-state index is 13.1. The van der Waals surface area contributed by atoms with Gasteiger partial charge in [0.2, 0.25) is 0 Å². The first-order chi connectivity index (χ1) is 17.4. The number of methoxy groups -OCH3 is 1. The van der Waals surface area contributed by atoms with E-state index in [1.807, 2.05) is 0 Å². The lowest BCUT2D eigenvalue weighted by Gasteiger charge is -2.23. The van der Waals surface area contributed by atoms with Gasteiger partial charge in [0, 0.05) is 30.7 Å². The van der Waals surface area contributed by atoms with Crippen molar-refractivity contribution in [1.82, 2.24) is 9.88 Å². The molecule has 1 aromatic heterocycles. The second-order valence-electron chi connectivity index (χ2n) is 10.1. The number of aromatic nitrogens is 1. The van der Waals surface area contributed by atoms with Crippen LogP contribution in [-0.4, -0.2) is 46.9 Å². The minimum absolute atomic E-state index is 0.0284. The van der Waals surface area contributed by atoms with Crippen molar-refractivity contribution in [3.8, 4) is 0 Å². The summed E-state index contributed by atoms with van der Waals surface area (Å²) in [5.41, 5.74) is -0.925. The summed E-state index contributed by atoms with van der Waals surface area (Å²) in [5.74, 6) is -0.449. The lowest BCUT2D eigenvalue weighted by molar-refractivity contribution is -0.134. The van der Waals surface area contributed by atoms with Crippen LogP contribution < -0.4 is 10.9 Å². The number of amides is 1. The highest BCUT2D eigenvalue weighted by atomic mass is 16.6. The number of allylic oxidation sites excluding steroid dienone is 1. The minimum atomic E-state index is -0.938. The van der Waals surface area contributed by atoms with E-state index in [1.54, 1.807) is 45.2 Å². The molecule has 37 heavy (non-hydrogen) atoms. The standard InChI is InChI=1S/C28H42N2O7/c1-7-20(8-2)15-16-22(31)19-30-17-11-12-21(26(30)34)18-24(32)23(13-9-10-14-25(33)36-6)29-27(35)37-28(3,4)5/h10-12,14,17,20,23H,7-9,13,15-16,18-19H2,1-6H3,(H,29,35)/b14-10+/t23-/m0/s1. The molecule has 0 aliphatic carbocycles. The Morgan fingerprint density at radius 1 is 1.11 bits per heavy atom. The third-order valence-corrected chi connectivity index (χ3v) is 5.95. The number of nitrogens with zero attached hydrogens (tertiary/aromatic N) is 1. The van der Waals surface area contributed by atoms with E-state index in [9.17, 15) is 24.0 Å². The third-order valence-electron chi connectivity index (χ3n) is 5.95. The van der Waals surface area contributed by atoms with Crippen LogP contribution in [-0.2, 0) is 36.8 Å². The molecule has 0 aliphatic rings. The van der Waals surface area contributed by atoms with Gasteiger partial charge in [-0.1, -0.05) is 38.8 Å². The number of pyridine rings is 1. The molecule has 206 valence electrons. The van der Waals surface area contributed by atoms with Gasteiger partial charge in [-0.2, -0.15) is 0 Å². The Bertz CT molecular complexity index is 1000. The van der Waals surface area contributed by atoms with Crippen LogP contribution in [0.2, 0.25) is 0 Å². The first kappa shape index (κ1) is 31.8. The smallest absolute Gasteiger partial charge is 0.408 e. The SMILES string of the molecule is CCC(CC)CCC(=O)Cn1cccc(CC(=O)[C@H](CC/C=C/C(=O)OC)NC(=O)OC(C)(C)C)c1=O. The number of rotatable bonds is 15. The Kier molecular flexibility index (Phi) is 13.6. The maximum absolute atomic E-state index is 13.1. The third kappa shape index (κ3) is 12.5. The molecule has 1 amide bonds. The molecule has 1 rings (SSSR count). The van der Waals surface area contributed by atoms with Crippen molar-refractivity contribution in [1.29, 1.82) is 0 Å². The summed E-state index contributed by atoms with van der Waals surface area (Å²) < 4.78 is 11.2. The molecule has 0 aromatic carbocycles. The number of Topliss-reactive ketones (excluding diaryl/α,β-unsaturated/α-hetero) is 2. The van der Waals surface area contributed by atoms with Gasteiger partial charge >= 0.3 is 12.1 Å². The summed E-state index contributed by atoms with van der Waals surface area (Å²) in [5, 5.41) is 2.58. The zero-order valence-electron chi connectivity index (χ0n) is 23.0. The van der Waals surface area contributed by atoms with Crippen molar-refractivity contribution in [2.75, 3.05) is 7.11 Å². The molecule has 0 unspecified atom stereocenters. The van der Waals surface area contributed by atoms with Crippen molar-refractivity contribution in [3.05, 3.63) is 46.4 Å². The molecule has 9 heteroatoms. The maximum Gasteiger partial charge on any atom is 0.408 e. The summed E-state index contributed by atoms with van der Waals surface area (Å²) in [4.78, 5) is 62.2. The zero-order valence-corrected chi connectivity index (χ0v) is 23.0. The minimum Gasteiger partial charge on any atom is -0.466 e. The fourth-order valence-electron chi connectivity index (χ4n) is 3.76. The van der Waals surface area contributed by atoms with E-state index in [2.05, 4.69) is 23.9 Å². The first-order valence-corrected chi connectivity index (χ1v) is 12.9. The van der Waals surface area contributed by atoms with Gasteiger partial charge in [0.1, 0.15) is 5.60 Å². The van der Waals surface area contributed by atoms with Gasteiger partial charge < -0.3 is 19.4 Å². The Morgan fingerprint density at radius 3 is 2.38 bits per heavy atom. The topological polar surface area (TPSA) is 121 Å². The highest BCUT2D eigenvalue weighted by molar-refractivity contribution is 5.89. The van der Waals surface area contributed by atoms with E-state index < -0.39 is 29.3 Å². The summed E-state index contributed by atoms with van der Waals surface area (Å²) in [6, 6.07) is 2.24. The lowest BCUT2D eigenvalue weighted by Crippen LogP contribution is -2.44. The van der Waals surface area contributed by atoms with Crippen LogP contribution in [0, 0.1) is 5.92 Å². The molecule has 0 saturated heterocycles. The van der Waals surface area contributed by atoms with E-state index in [-0.39, 0.29) is 36.5 Å². The summed E-state index contributed by atoms with van der Waals surface area (Å²) in [7, 11) is 1.26. The monoisotopic (exact) mass is 518 g/mol. The number of hydrogen-bond donors (Lipinski definition) is 1. The molecule has 1 N–H and O–H groups in total. The number of esters is 1. The number of carbonyl (C=O) groups is 4. The summed E-state index contributed by atoms with van der Waals surface area (Å²) in [6.07, 6.45) is 7.09. The van der Waals surface area contributed by atoms with Crippen LogP contribution in [0.1, 0.15) is 78.7 Å². The zero-order chi connectivity index (χ0) is 28.0. The van der Waals surface area contributed by atoms with Crippen LogP contribution in [0.4, 0.5) is 4.79 Å². The van der Waals surface area contributed by atoms with Gasteiger partial charge in [-0.3, -0.25) is 14.4 Å². The van der Waals surface area contributed by atoms with Crippen LogP contribution in [0.5, 0.6) is 0 Å². The molecule has 9 nitrogen and oxygen atoms in total. The highest BCUT2D eigenvalue weighted by Crippen LogP contribution is 2.15. The van der Waals surface area contributed by atoms with Gasteiger partial charge in [0.15, 0.2) is 11.6 Å². The van der Waals surface area contributed by atoms with Crippen LogP contribution >= 0.6 is 0 Å². The van der Waals surface area contributed by atoms with E-state index in [4.69, 9.17) is 4.74 Å². The van der Waals surface area contributed by atoms with Gasteiger partial charge in [-0.15, -0.1) is 0 Å². The number of hydrogen-bond acceptors (Lipinski definition) is 7. The van der Waals surface area contributed by atoms with Crippen molar-refractivity contribution >= 4 is 23.6 Å². The molecule has 0 saturated carbocycles. The molecule has 1 aromatic rings. The van der Waals surface area contributed by atoms with Crippen molar-refractivity contribution in [2.45, 2.75) is 97.8 Å². The van der Waals surface area contributed by atoms with Crippen LogP contribution in [0.3, 0.4) is 0 Å². The van der Waals surface area contributed by atoms with Gasteiger partial charge in [-0.25, -0.2) is 9.59 Å². The average Bonchev–Trinajstić information content (AvgIpc) is 2.82. The quantitative estimate of drug-likeness (QED) is 0.273. The Morgan fingerprint density at radius 2 is 1.78 bits per heavy atom. The van der Waals surface area contributed by atoms with Gasteiger partial charge in [0.05, 0.1) is 19.7 Å². The van der Waals surface area contributed by atoms with Crippen molar-refractivity contribution in [3.63, 3.8) is 0 Å². The van der Waals surface area contributed by atoms with Crippen LogP contribution in [0.25, 0.3) is 0 Å². The second-order valence-corrected chi connectivity index (χ2v) is 10.1. The molecule has 0 spiro atoms. The van der Waals surface area contributed by atoms with E-state index >= 15 is 0 Å². The van der Waals surface area contributed by atoms with Crippen LogP contribution in [0.15, 0.2) is 35.3 Å². The largest absolute Gasteiger partial charge is 0.466 e. The molecular weight excluding hydrogens is 476 g/mol. The van der Waals surface area contributed by atoms with Crippen molar-refractivity contribution in [2.24, 2.45) is 5.92 Å². The van der Waals surface area contributed by atoms with Gasteiger partial charge in [-0.05, 0) is 52.0 Å². The number of carbonyl (C=O) groups excluding carboxylic acids is 4. The molecule has 0 radical (unpaired) electrons. The molecule has 1 atom stereocenters. The predicted molar refractivity (Wildman–Crippen MR) is 141 cm³/mol. The Balaban J connectivity index is 2.95. The Hall–Kier alpha value is -3.23. The number of ketones is 2. The molecule has 0 fully saturated rings. The van der Waals surface area contributed by atoms with Gasteiger partial charge in [0.25, 0.3) is 5.56 Å². The summed E-state index contributed by atoms with van der Waals surface area (Å²) in [6.45, 7) is 9.29. The second kappa shape index (κ2) is 15.8. The predicted octanol–water partition coefficient (Wildman–Crippen LogP) is 4.15. The molecule has 1 heterocycles. The number of ether oxygens (including phenoxy) is 2. The molecule has 0 aliphatic heterocycles. The Labute approximate surface area is 219 Å². The fourth-order valence-corrected chi connectivity index (χ4v) is 3.76. The van der Waals surface area contributed by atoms with E-state index in [0.717, 1.165) is 19.3 Å².